The lowest BCUT2D eigenvalue weighted by Gasteiger charge is -2.36. The minimum absolute atomic E-state index is 0.570. The van der Waals surface area contributed by atoms with Gasteiger partial charge < -0.3 is 4.90 Å². The summed E-state index contributed by atoms with van der Waals surface area (Å²) in [6.07, 6.45) is 2.45. The summed E-state index contributed by atoms with van der Waals surface area (Å²) in [5.41, 5.74) is 0.865. The Bertz CT molecular complexity index is 652. The molecule has 6 nitrogen and oxygen atoms in total. The van der Waals surface area contributed by atoms with Crippen LogP contribution >= 0.6 is 0 Å². The minimum atomic E-state index is 0.570. The van der Waals surface area contributed by atoms with Gasteiger partial charge in [-0.3, -0.25) is 4.90 Å². The molecule has 0 N–H and O–H groups in total. The van der Waals surface area contributed by atoms with Gasteiger partial charge in [0.1, 0.15) is 5.82 Å². The zero-order chi connectivity index (χ0) is 15.1. The van der Waals surface area contributed by atoms with E-state index in [9.17, 15) is 0 Å². The lowest BCUT2D eigenvalue weighted by Crippen LogP contribution is -2.47. The molecule has 2 aromatic heterocycles. The Morgan fingerprint density at radius 2 is 1.86 bits per heavy atom. The number of aromatic nitrogens is 4. The van der Waals surface area contributed by atoms with Crippen LogP contribution in [0.3, 0.4) is 0 Å². The van der Waals surface area contributed by atoms with Crippen molar-refractivity contribution in [2.75, 3.05) is 37.6 Å². The van der Waals surface area contributed by atoms with E-state index in [-0.39, 0.29) is 0 Å². The average molecular weight is 300 g/mol. The summed E-state index contributed by atoms with van der Waals surface area (Å²) in [4.78, 5) is 4.93. The van der Waals surface area contributed by atoms with E-state index >= 15 is 0 Å². The van der Waals surface area contributed by atoms with Gasteiger partial charge in [-0.15, -0.1) is 15.3 Å². The molecule has 6 heteroatoms. The van der Waals surface area contributed by atoms with Gasteiger partial charge in [-0.25, -0.2) is 0 Å². The molecule has 0 amide bonds. The molecular weight excluding hydrogens is 276 g/mol. The second-order valence-electron chi connectivity index (χ2n) is 6.98. The van der Waals surface area contributed by atoms with Crippen LogP contribution < -0.4 is 4.90 Å². The highest BCUT2D eigenvalue weighted by Crippen LogP contribution is 2.38. The average Bonchev–Trinajstić information content (AvgIpc) is 3.27. The number of nitrogens with zero attached hydrogens (tertiary/aromatic N) is 6. The molecule has 2 aromatic rings. The third-order valence-electron chi connectivity index (χ3n) is 4.53. The van der Waals surface area contributed by atoms with Crippen molar-refractivity contribution in [2.24, 2.45) is 5.92 Å². The van der Waals surface area contributed by atoms with Crippen molar-refractivity contribution in [3.63, 3.8) is 0 Å². The quantitative estimate of drug-likeness (QED) is 0.861. The first-order valence-corrected chi connectivity index (χ1v) is 8.40. The summed E-state index contributed by atoms with van der Waals surface area (Å²) in [7, 11) is 0. The maximum atomic E-state index is 4.81. The summed E-state index contributed by atoms with van der Waals surface area (Å²) in [6, 6.07) is 4.13. The first kappa shape index (κ1) is 13.9. The first-order chi connectivity index (χ1) is 10.7. The van der Waals surface area contributed by atoms with Crippen molar-refractivity contribution in [3.8, 4) is 0 Å². The standard InChI is InChI=1S/C16H24N6/c1-12(2)11-20-7-9-21(10-8-20)15-6-5-14-17-18-16(13-3-4-13)22(14)19-15/h5-6,12-13H,3-4,7-11H2,1-2H3. The first-order valence-electron chi connectivity index (χ1n) is 8.40. The van der Waals surface area contributed by atoms with Crippen LogP contribution in [-0.4, -0.2) is 57.4 Å². The van der Waals surface area contributed by atoms with Gasteiger partial charge in [-0.2, -0.15) is 4.52 Å². The van der Waals surface area contributed by atoms with Crippen LogP contribution in [0.15, 0.2) is 12.1 Å². The molecule has 4 rings (SSSR count). The second-order valence-corrected chi connectivity index (χ2v) is 6.98. The fraction of sp³-hybridized carbons (Fsp3) is 0.688. The Kier molecular flexibility index (Phi) is 3.48. The van der Waals surface area contributed by atoms with Crippen molar-refractivity contribution < 1.29 is 0 Å². The summed E-state index contributed by atoms with van der Waals surface area (Å²) in [5, 5.41) is 13.4. The third kappa shape index (κ3) is 2.67. The second kappa shape index (κ2) is 5.50. The van der Waals surface area contributed by atoms with Gasteiger partial charge in [0.05, 0.1) is 0 Å². The van der Waals surface area contributed by atoms with Gasteiger partial charge in [0.25, 0.3) is 0 Å². The molecule has 0 radical (unpaired) electrons. The van der Waals surface area contributed by atoms with Gasteiger partial charge in [0.2, 0.25) is 0 Å². The Balaban J connectivity index is 1.51. The van der Waals surface area contributed by atoms with Crippen LogP contribution in [0.4, 0.5) is 5.82 Å². The van der Waals surface area contributed by atoms with E-state index in [1.165, 1.54) is 19.4 Å². The lowest BCUT2D eigenvalue weighted by atomic mass is 10.2. The fourth-order valence-corrected chi connectivity index (χ4v) is 3.24. The molecule has 1 aliphatic heterocycles. The molecule has 3 heterocycles. The van der Waals surface area contributed by atoms with Gasteiger partial charge in [0, 0.05) is 38.6 Å². The van der Waals surface area contributed by atoms with Crippen molar-refractivity contribution in [1.29, 1.82) is 0 Å². The van der Waals surface area contributed by atoms with Crippen LogP contribution in [0.1, 0.15) is 38.4 Å². The van der Waals surface area contributed by atoms with Gasteiger partial charge in [-0.1, -0.05) is 13.8 Å². The Morgan fingerprint density at radius 1 is 1.09 bits per heavy atom. The predicted molar refractivity (Wildman–Crippen MR) is 86.2 cm³/mol. The van der Waals surface area contributed by atoms with Crippen molar-refractivity contribution in [2.45, 2.75) is 32.6 Å². The monoisotopic (exact) mass is 300 g/mol. The summed E-state index contributed by atoms with van der Waals surface area (Å²) >= 11 is 0. The molecule has 22 heavy (non-hydrogen) atoms. The highest BCUT2D eigenvalue weighted by atomic mass is 15.4. The third-order valence-corrected chi connectivity index (χ3v) is 4.53. The molecule has 0 aromatic carbocycles. The van der Waals surface area contributed by atoms with Gasteiger partial charge in [-0.05, 0) is 30.9 Å². The highest BCUT2D eigenvalue weighted by Gasteiger charge is 2.29. The fourth-order valence-electron chi connectivity index (χ4n) is 3.24. The molecule has 118 valence electrons. The van der Waals surface area contributed by atoms with Crippen molar-refractivity contribution >= 4 is 11.5 Å². The number of hydrogen-bond donors (Lipinski definition) is 0. The summed E-state index contributed by atoms with van der Waals surface area (Å²) < 4.78 is 1.95. The van der Waals surface area contributed by atoms with E-state index in [0.717, 1.165) is 49.4 Å². The molecule has 1 saturated heterocycles. The molecule has 2 fully saturated rings. The molecule has 1 aliphatic carbocycles. The number of hydrogen-bond acceptors (Lipinski definition) is 5. The van der Waals surface area contributed by atoms with Crippen LogP contribution in [-0.2, 0) is 0 Å². The predicted octanol–water partition coefficient (Wildman–Crippen LogP) is 1.78. The molecule has 0 bridgehead atoms. The normalized spacial score (nSPS) is 20.2. The molecule has 0 unspecified atom stereocenters. The Hall–Kier alpha value is -1.69. The Labute approximate surface area is 131 Å². The molecular formula is C16H24N6. The van der Waals surface area contributed by atoms with E-state index < -0.39 is 0 Å². The van der Waals surface area contributed by atoms with Crippen LogP contribution in [0.25, 0.3) is 5.65 Å². The minimum Gasteiger partial charge on any atom is -0.353 e. The zero-order valence-electron chi connectivity index (χ0n) is 13.4. The summed E-state index contributed by atoms with van der Waals surface area (Å²) in [6.45, 7) is 10.1. The van der Waals surface area contributed by atoms with E-state index in [0.29, 0.717) is 5.92 Å². The van der Waals surface area contributed by atoms with E-state index in [2.05, 4.69) is 39.9 Å². The molecule has 2 aliphatic rings. The number of anilines is 1. The summed E-state index contributed by atoms with van der Waals surface area (Å²) in [5.74, 6) is 3.40. The lowest BCUT2D eigenvalue weighted by molar-refractivity contribution is 0.230. The van der Waals surface area contributed by atoms with Crippen LogP contribution in [0.2, 0.25) is 0 Å². The van der Waals surface area contributed by atoms with Crippen LogP contribution in [0, 0.1) is 5.92 Å². The molecule has 1 saturated carbocycles. The highest BCUT2D eigenvalue weighted by molar-refractivity contribution is 5.46. The smallest absolute Gasteiger partial charge is 0.178 e. The number of piperazine rings is 1. The van der Waals surface area contributed by atoms with Crippen LogP contribution in [0.5, 0.6) is 0 Å². The van der Waals surface area contributed by atoms with Crippen molar-refractivity contribution in [3.05, 3.63) is 18.0 Å². The maximum absolute atomic E-state index is 4.81. The molecule has 0 atom stereocenters. The van der Waals surface area contributed by atoms with Gasteiger partial charge >= 0.3 is 0 Å². The zero-order valence-corrected chi connectivity index (χ0v) is 13.4. The largest absolute Gasteiger partial charge is 0.353 e. The van der Waals surface area contributed by atoms with Crippen molar-refractivity contribution in [1.82, 2.24) is 24.7 Å². The van der Waals surface area contributed by atoms with E-state index in [1.807, 2.05) is 10.6 Å². The molecule has 0 spiro atoms. The number of rotatable bonds is 4. The SMILES string of the molecule is CC(C)CN1CCN(c2ccc3nnc(C4CC4)n3n2)CC1. The van der Waals surface area contributed by atoms with E-state index in [1.54, 1.807) is 0 Å². The van der Waals surface area contributed by atoms with Gasteiger partial charge in [0.15, 0.2) is 11.5 Å². The topological polar surface area (TPSA) is 49.6 Å². The van der Waals surface area contributed by atoms with E-state index in [4.69, 9.17) is 5.10 Å². The maximum Gasteiger partial charge on any atom is 0.178 e. The number of fused-ring (bicyclic) bond motifs is 1. The Morgan fingerprint density at radius 3 is 2.55 bits per heavy atom.